The van der Waals surface area contributed by atoms with E-state index in [-0.39, 0.29) is 24.2 Å². The monoisotopic (exact) mass is 291 g/mol. The summed E-state index contributed by atoms with van der Waals surface area (Å²) < 4.78 is 2.10. The Morgan fingerprint density at radius 1 is 1.29 bits per heavy atom. The summed E-state index contributed by atoms with van der Waals surface area (Å²) in [5.74, 6) is 0. The van der Waals surface area contributed by atoms with Gasteiger partial charge in [-0.2, -0.15) is 0 Å². The molecule has 0 unspecified atom stereocenters. The molecule has 116 valence electrons. The van der Waals surface area contributed by atoms with E-state index in [1.807, 2.05) is 24.2 Å². The number of urea groups is 1. The van der Waals surface area contributed by atoms with E-state index in [1.54, 1.807) is 0 Å². The van der Waals surface area contributed by atoms with Crippen LogP contribution in [-0.2, 0) is 7.05 Å². The minimum Gasteiger partial charge on any atom is -0.393 e. The van der Waals surface area contributed by atoms with Crippen LogP contribution in [0.4, 0.5) is 4.79 Å². The van der Waals surface area contributed by atoms with E-state index in [0.717, 1.165) is 45.1 Å². The van der Waals surface area contributed by atoms with Gasteiger partial charge in [0, 0.05) is 31.5 Å². The fourth-order valence-corrected chi connectivity index (χ4v) is 3.62. The van der Waals surface area contributed by atoms with Crippen molar-refractivity contribution >= 4 is 6.03 Å². The van der Waals surface area contributed by atoms with Crippen LogP contribution >= 0.6 is 0 Å². The normalized spacial score (nSPS) is 29.6. The van der Waals surface area contributed by atoms with Crippen molar-refractivity contribution in [1.82, 2.24) is 14.8 Å². The van der Waals surface area contributed by atoms with Crippen LogP contribution in [0.3, 0.4) is 0 Å². The number of amides is 2. The van der Waals surface area contributed by atoms with Gasteiger partial charge in [-0.1, -0.05) is 0 Å². The van der Waals surface area contributed by atoms with Gasteiger partial charge in [0.1, 0.15) is 0 Å². The molecule has 1 saturated heterocycles. The highest BCUT2D eigenvalue weighted by molar-refractivity contribution is 5.75. The Hall–Kier alpha value is -1.49. The van der Waals surface area contributed by atoms with E-state index in [1.165, 1.54) is 5.69 Å². The van der Waals surface area contributed by atoms with Crippen LogP contribution < -0.4 is 5.32 Å². The summed E-state index contributed by atoms with van der Waals surface area (Å²) in [6.45, 7) is 0.830. The average molecular weight is 291 g/mol. The largest absolute Gasteiger partial charge is 0.393 e. The maximum Gasteiger partial charge on any atom is 0.318 e. The molecule has 0 radical (unpaired) electrons. The van der Waals surface area contributed by atoms with Crippen molar-refractivity contribution in [3.05, 3.63) is 24.0 Å². The summed E-state index contributed by atoms with van der Waals surface area (Å²) >= 11 is 0. The lowest BCUT2D eigenvalue weighted by atomic mass is 9.93. The Morgan fingerprint density at radius 2 is 2.05 bits per heavy atom. The molecule has 2 heterocycles. The second kappa shape index (κ2) is 6.10. The predicted molar refractivity (Wildman–Crippen MR) is 80.9 cm³/mol. The van der Waals surface area contributed by atoms with E-state index in [0.29, 0.717) is 0 Å². The van der Waals surface area contributed by atoms with Gasteiger partial charge in [0.2, 0.25) is 0 Å². The Balaban J connectivity index is 1.62. The van der Waals surface area contributed by atoms with Gasteiger partial charge in [-0.15, -0.1) is 0 Å². The van der Waals surface area contributed by atoms with Gasteiger partial charge in [-0.25, -0.2) is 4.79 Å². The van der Waals surface area contributed by atoms with Gasteiger partial charge in [0.05, 0.1) is 12.1 Å². The Bertz CT molecular complexity index is 491. The van der Waals surface area contributed by atoms with Gasteiger partial charge in [-0.05, 0) is 50.7 Å². The number of carbonyl (C=O) groups excluding carboxylic acids is 1. The molecule has 1 atom stereocenters. The van der Waals surface area contributed by atoms with Crippen molar-refractivity contribution in [2.24, 2.45) is 7.05 Å². The number of aryl methyl sites for hydroxylation is 1. The second-order valence-electron chi connectivity index (χ2n) is 6.35. The smallest absolute Gasteiger partial charge is 0.318 e. The maximum absolute atomic E-state index is 12.6. The lowest BCUT2D eigenvalue weighted by molar-refractivity contribution is 0.114. The molecule has 2 aliphatic rings. The Morgan fingerprint density at radius 3 is 2.71 bits per heavy atom. The number of hydrogen-bond acceptors (Lipinski definition) is 2. The third-order valence-corrected chi connectivity index (χ3v) is 4.86. The highest BCUT2D eigenvalue weighted by Gasteiger charge is 2.32. The van der Waals surface area contributed by atoms with Crippen molar-refractivity contribution in [3.63, 3.8) is 0 Å². The van der Waals surface area contributed by atoms with E-state index in [4.69, 9.17) is 0 Å². The predicted octanol–water partition coefficient (Wildman–Crippen LogP) is 2.18. The fourth-order valence-electron chi connectivity index (χ4n) is 3.62. The Kier molecular flexibility index (Phi) is 4.19. The molecular formula is C16H25N3O2. The number of hydrogen-bond donors (Lipinski definition) is 2. The minimum absolute atomic E-state index is 0.0556. The molecule has 3 rings (SSSR count). The van der Waals surface area contributed by atoms with E-state index >= 15 is 0 Å². The lowest BCUT2D eigenvalue weighted by Crippen LogP contribution is -2.46. The van der Waals surface area contributed by atoms with E-state index in [2.05, 4.69) is 16.0 Å². The first-order chi connectivity index (χ1) is 10.1. The van der Waals surface area contributed by atoms with Crippen molar-refractivity contribution in [2.45, 2.75) is 56.7 Å². The van der Waals surface area contributed by atoms with Crippen LogP contribution in [0.5, 0.6) is 0 Å². The molecule has 2 fully saturated rings. The maximum atomic E-state index is 12.6. The molecule has 1 saturated carbocycles. The van der Waals surface area contributed by atoms with E-state index < -0.39 is 0 Å². The Labute approximate surface area is 125 Å². The molecule has 5 nitrogen and oxygen atoms in total. The zero-order valence-corrected chi connectivity index (χ0v) is 12.7. The van der Waals surface area contributed by atoms with Crippen LogP contribution in [0.1, 0.15) is 50.3 Å². The summed E-state index contributed by atoms with van der Waals surface area (Å²) in [5.41, 5.74) is 1.21. The third kappa shape index (κ3) is 3.07. The summed E-state index contributed by atoms with van der Waals surface area (Å²) in [6, 6.07) is 4.61. The van der Waals surface area contributed by atoms with Crippen LogP contribution in [0.15, 0.2) is 18.3 Å². The zero-order chi connectivity index (χ0) is 14.8. The topological polar surface area (TPSA) is 57.5 Å². The van der Waals surface area contributed by atoms with Crippen LogP contribution in [0.25, 0.3) is 0 Å². The molecule has 2 N–H and O–H groups in total. The molecule has 5 heteroatoms. The minimum atomic E-state index is -0.180. The van der Waals surface area contributed by atoms with Gasteiger partial charge >= 0.3 is 6.03 Å². The van der Waals surface area contributed by atoms with Gasteiger partial charge in [0.15, 0.2) is 0 Å². The number of likely N-dealkylation sites (tertiary alicyclic amines) is 1. The number of rotatable bonds is 2. The standard InChI is InChI=1S/C16H25N3O2/c1-18-10-2-4-14(18)15-5-3-11-19(15)16(21)17-12-6-8-13(20)9-7-12/h2,4,10,12-13,15,20H,3,5-9,11H2,1H3,(H,17,21)/t12?,13?,15-/m1/s1. The first kappa shape index (κ1) is 14.4. The SMILES string of the molecule is Cn1cccc1[C@H]1CCCN1C(=O)NC1CCC(O)CC1. The first-order valence-corrected chi connectivity index (χ1v) is 8.01. The van der Waals surface area contributed by atoms with Gasteiger partial charge in [0.25, 0.3) is 0 Å². The molecule has 0 bridgehead atoms. The number of nitrogens with one attached hydrogen (secondary N) is 1. The fraction of sp³-hybridized carbons (Fsp3) is 0.688. The molecule has 1 aliphatic carbocycles. The molecule has 1 aromatic heterocycles. The highest BCUT2D eigenvalue weighted by atomic mass is 16.3. The number of aliphatic hydroxyl groups excluding tert-OH is 1. The molecule has 1 aromatic rings. The third-order valence-electron chi connectivity index (χ3n) is 4.86. The van der Waals surface area contributed by atoms with Crippen LogP contribution in [-0.4, -0.2) is 39.3 Å². The molecule has 0 aromatic carbocycles. The number of carbonyl (C=O) groups is 1. The highest BCUT2D eigenvalue weighted by Crippen LogP contribution is 2.32. The molecule has 0 spiro atoms. The van der Waals surface area contributed by atoms with Crippen molar-refractivity contribution in [2.75, 3.05) is 6.54 Å². The first-order valence-electron chi connectivity index (χ1n) is 8.01. The summed E-state index contributed by atoms with van der Waals surface area (Å²) in [4.78, 5) is 14.5. The number of nitrogens with zero attached hydrogens (tertiary/aromatic N) is 2. The van der Waals surface area contributed by atoms with Crippen LogP contribution in [0.2, 0.25) is 0 Å². The molecule has 2 amide bonds. The lowest BCUT2D eigenvalue weighted by Gasteiger charge is -2.31. The summed E-state index contributed by atoms with van der Waals surface area (Å²) in [6.07, 6.45) is 7.32. The average Bonchev–Trinajstić information content (AvgIpc) is 3.09. The quantitative estimate of drug-likeness (QED) is 0.877. The van der Waals surface area contributed by atoms with E-state index in [9.17, 15) is 9.90 Å². The molecule has 21 heavy (non-hydrogen) atoms. The molecular weight excluding hydrogens is 266 g/mol. The van der Waals surface area contributed by atoms with Gasteiger partial charge < -0.3 is 19.9 Å². The summed E-state index contributed by atoms with van der Waals surface area (Å²) in [5, 5.41) is 12.7. The zero-order valence-electron chi connectivity index (χ0n) is 12.7. The van der Waals surface area contributed by atoms with Gasteiger partial charge in [-0.3, -0.25) is 0 Å². The second-order valence-corrected chi connectivity index (χ2v) is 6.35. The van der Waals surface area contributed by atoms with Crippen molar-refractivity contribution in [1.29, 1.82) is 0 Å². The summed E-state index contributed by atoms with van der Waals surface area (Å²) in [7, 11) is 2.03. The van der Waals surface area contributed by atoms with Crippen molar-refractivity contribution < 1.29 is 9.90 Å². The van der Waals surface area contributed by atoms with Crippen LogP contribution in [0, 0.1) is 0 Å². The number of aromatic nitrogens is 1. The number of aliphatic hydroxyl groups is 1. The molecule has 1 aliphatic heterocycles. The van der Waals surface area contributed by atoms with Crippen molar-refractivity contribution in [3.8, 4) is 0 Å².